The number of amides is 1. The molecule has 1 unspecified atom stereocenters. The molecule has 0 aromatic rings. The Balaban J connectivity index is 1.90. The molecule has 0 aromatic carbocycles. The molecule has 0 radical (unpaired) electrons. The molecule has 1 atom stereocenters. The van der Waals surface area contributed by atoms with Gasteiger partial charge in [0.25, 0.3) is 0 Å². The number of rotatable bonds is 2. The summed E-state index contributed by atoms with van der Waals surface area (Å²) in [6.45, 7) is 8.93. The maximum absolute atomic E-state index is 11.6. The Morgan fingerprint density at radius 3 is 2.75 bits per heavy atom. The van der Waals surface area contributed by atoms with Gasteiger partial charge in [-0.2, -0.15) is 0 Å². The van der Waals surface area contributed by atoms with Crippen LogP contribution in [0.3, 0.4) is 0 Å². The summed E-state index contributed by atoms with van der Waals surface area (Å²) in [4.78, 5) is 15.9. The molecule has 0 bridgehead atoms. The molecular weight excluding hydrogens is 204 g/mol. The number of carbonyl (C=O) groups is 1. The Bertz CT molecular complexity index is 262. The van der Waals surface area contributed by atoms with Gasteiger partial charge in [-0.25, -0.2) is 0 Å². The fourth-order valence-electron chi connectivity index (χ4n) is 2.52. The van der Waals surface area contributed by atoms with Crippen molar-refractivity contribution in [1.82, 2.24) is 9.80 Å². The third kappa shape index (κ3) is 2.62. The molecule has 0 saturated carbocycles. The highest BCUT2D eigenvalue weighted by molar-refractivity contribution is 5.87. The average Bonchev–Trinajstić information content (AvgIpc) is 2.39. The Morgan fingerprint density at radius 2 is 2.06 bits per heavy atom. The number of hydrogen-bond donors (Lipinski definition) is 0. The van der Waals surface area contributed by atoms with Gasteiger partial charge in [0.05, 0.1) is 13.2 Å². The van der Waals surface area contributed by atoms with Crippen LogP contribution < -0.4 is 0 Å². The van der Waals surface area contributed by atoms with Gasteiger partial charge in [-0.05, 0) is 18.9 Å². The fourth-order valence-corrected chi connectivity index (χ4v) is 2.52. The van der Waals surface area contributed by atoms with E-state index in [0.29, 0.717) is 6.04 Å². The summed E-state index contributed by atoms with van der Waals surface area (Å²) in [5.41, 5.74) is 0. The Kier molecular flexibility index (Phi) is 3.96. The molecule has 0 aliphatic carbocycles. The molecule has 2 aliphatic rings. The molecule has 4 nitrogen and oxygen atoms in total. The highest BCUT2D eigenvalue weighted by Crippen LogP contribution is 2.17. The minimum Gasteiger partial charge on any atom is -0.379 e. The lowest BCUT2D eigenvalue weighted by molar-refractivity contribution is -0.128. The predicted molar refractivity (Wildman–Crippen MR) is 62.2 cm³/mol. The number of likely N-dealkylation sites (tertiary alicyclic amines) is 1. The van der Waals surface area contributed by atoms with E-state index in [1.807, 2.05) is 4.90 Å². The van der Waals surface area contributed by atoms with E-state index in [1.54, 1.807) is 0 Å². The molecule has 0 spiro atoms. The first-order valence-electron chi connectivity index (χ1n) is 6.04. The van der Waals surface area contributed by atoms with E-state index < -0.39 is 0 Å². The number of piperidine rings is 1. The Morgan fingerprint density at radius 1 is 1.31 bits per heavy atom. The third-order valence-corrected chi connectivity index (χ3v) is 3.44. The Labute approximate surface area is 96.8 Å². The second kappa shape index (κ2) is 5.46. The molecule has 0 N–H and O–H groups in total. The van der Waals surface area contributed by atoms with Gasteiger partial charge in [0.2, 0.25) is 5.91 Å². The standard InChI is InChI=1S/C12H20N2O2/c1-2-12(15)14-5-3-4-11(10-14)13-6-8-16-9-7-13/h2,11H,1,3-10H2. The summed E-state index contributed by atoms with van der Waals surface area (Å²) in [6, 6.07) is 0.515. The van der Waals surface area contributed by atoms with E-state index in [1.165, 1.54) is 12.5 Å². The van der Waals surface area contributed by atoms with Crippen molar-refractivity contribution in [3.63, 3.8) is 0 Å². The summed E-state index contributed by atoms with van der Waals surface area (Å²) in [6.07, 6.45) is 3.71. The molecule has 4 heteroatoms. The van der Waals surface area contributed by atoms with E-state index in [0.717, 1.165) is 45.8 Å². The molecule has 1 amide bonds. The largest absolute Gasteiger partial charge is 0.379 e. The monoisotopic (exact) mass is 224 g/mol. The van der Waals surface area contributed by atoms with Gasteiger partial charge < -0.3 is 9.64 Å². The highest BCUT2D eigenvalue weighted by Gasteiger charge is 2.27. The van der Waals surface area contributed by atoms with Crippen LogP contribution in [-0.4, -0.2) is 61.1 Å². The first-order chi connectivity index (χ1) is 7.81. The zero-order valence-electron chi connectivity index (χ0n) is 9.73. The second-order valence-corrected chi connectivity index (χ2v) is 4.43. The molecule has 2 aliphatic heterocycles. The van der Waals surface area contributed by atoms with Crippen LogP contribution in [0.2, 0.25) is 0 Å². The quantitative estimate of drug-likeness (QED) is 0.640. The molecular formula is C12H20N2O2. The van der Waals surface area contributed by atoms with Crippen LogP contribution in [0.5, 0.6) is 0 Å². The van der Waals surface area contributed by atoms with Gasteiger partial charge in [0, 0.05) is 32.2 Å². The Hall–Kier alpha value is -0.870. The van der Waals surface area contributed by atoms with Crippen LogP contribution in [0.25, 0.3) is 0 Å². The van der Waals surface area contributed by atoms with Crippen molar-refractivity contribution in [2.75, 3.05) is 39.4 Å². The first kappa shape index (κ1) is 11.6. The van der Waals surface area contributed by atoms with Crippen molar-refractivity contribution in [2.45, 2.75) is 18.9 Å². The predicted octanol–water partition coefficient (Wildman–Crippen LogP) is 0.496. The van der Waals surface area contributed by atoms with Gasteiger partial charge in [0.1, 0.15) is 0 Å². The van der Waals surface area contributed by atoms with Crippen LogP contribution in [0, 0.1) is 0 Å². The van der Waals surface area contributed by atoms with Crippen LogP contribution in [0.1, 0.15) is 12.8 Å². The van der Waals surface area contributed by atoms with Gasteiger partial charge >= 0.3 is 0 Å². The van der Waals surface area contributed by atoms with Crippen LogP contribution >= 0.6 is 0 Å². The maximum atomic E-state index is 11.6. The number of ether oxygens (including phenoxy) is 1. The SMILES string of the molecule is C=CC(=O)N1CCCC(N2CCOCC2)C1. The maximum Gasteiger partial charge on any atom is 0.246 e. The minimum absolute atomic E-state index is 0.0676. The fraction of sp³-hybridized carbons (Fsp3) is 0.750. The topological polar surface area (TPSA) is 32.8 Å². The molecule has 0 aromatic heterocycles. The number of morpholine rings is 1. The molecule has 16 heavy (non-hydrogen) atoms. The summed E-state index contributed by atoms with van der Waals surface area (Å²) < 4.78 is 5.35. The second-order valence-electron chi connectivity index (χ2n) is 4.43. The van der Waals surface area contributed by atoms with E-state index >= 15 is 0 Å². The van der Waals surface area contributed by atoms with Crippen LogP contribution in [0.4, 0.5) is 0 Å². The van der Waals surface area contributed by atoms with E-state index in [2.05, 4.69) is 11.5 Å². The first-order valence-corrected chi connectivity index (χ1v) is 6.04. The molecule has 2 heterocycles. The van der Waals surface area contributed by atoms with Gasteiger partial charge in [0.15, 0.2) is 0 Å². The number of hydrogen-bond acceptors (Lipinski definition) is 3. The normalized spacial score (nSPS) is 27.8. The van der Waals surface area contributed by atoms with Crippen molar-refractivity contribution >= 4 is 5.91 Å². The molecule has 2 fully saturated rings. The zero-order chi connectivity index (χ0) is 11.4. The van der Waals surface area contributed by atoms with E-state index in [9.17, 15) is 4.79 Å². The van der Waals surface area contributed by atoms with Gasteiger partial charge in [-0.3, -0.25) is 9.69 Å². The average molecular weight is 224 g/mol. The van der Waals surface area contributed by atoms with Crippen molar-refractivity contribution in [1.29, 1.82) is 0 Å². The highest BCUT2D eigenvalue weighted by atomic mass is 16.5. The van der Waals surface area contributed by atoms with Crippen LogP contribution in [0.15, 0.2) is 12.7 Å². The van der Waals surface area contributed by atoms with Crippen molar-refractivity contribution in [3.05, 3.63) is 12.7 Å². The summed E-state index contributed by atoms with van der Waals surface area (Å²) in [7, 11) is 0. The zero-order valence-corrected chi connectivity index (χ0v) is 9.73. The smallest absolute Gasteiger partial charge is 0.246 e. The van der Waals surface area contributed by atoms with Crippen molar-refractivity contribution in [3.8, 4) is 0 Å². The van der Waals surface area contributed by atoms with Gasteiger partial charge in [-0.15, -0.1) is 0 Å². The van der Waals surface area contributed by atoms with E-state index in [-0.39, 0.29) is 5.91 Å². The van der Waals surface area contributed by atoms with Gasteiger partial charge in [-0.1, -0.05) is 6.58 Å². The number of nitrogens with zero attached hydrogens (tertiary/aromatic N) is 2. The van der Waals surface area contributed by atoms with Crippen LogP contribution in [-0.2, 0) is 9.53 Å². The lowest BCUT2D eigenvalue weighted by atomic mass is 10.0. The van der Waals surface area contributed by atoms with Crippen molar-refractivity contribution in [2.24, 2.45) is 0 Å². The third-order valence-electron chi connectivity index (χ3n) is 3.44. The lowest BCUT2D eigenvalue weighted by Crippen LogP contribution is -2.52. The molecule has 2 saturated heterocycles. The lowest BCUT2D eigenvalue weighted by Gasteiger charge is -2.40. The summed E-state index contributed by atoms with van der Waals surface area (Å²) >= 11 is 0. The molecule has 90 valence electrons. The number of carbonyl (C=O) groups excluding carboxylic acids is 1. The summed E-state index contributed by atoms with van der Waals surface area (Å²) in [5, 5.41) is 0. The summed E-state index contributed by atoms with van der Waals surface area (Å²) in [5.74, 6) is 0.0676. The van der Waals surface area contributed by atoms with Crippen molar-refractivity contribution < 1.29 is 9.53 Å². The molecule has 2 rings (SSSR count). The van der Waals surface area contributed by atoms with E-state index in [4.69, 9.17) is 4.74 Å². The minimum atomic E-state index is 0.0676.